The molecule has 3 nitrogen and oxygen atoms in total. The van der Waals surface area contributed by atoms with Crippen molar-refractivity contribution in [3.8, 4) is 0 Å². The first kappa shape index (κ1) is 12.5. The van der Waals surface area contributed by atoms with Gasteiger partial charge in [-0.1, -0.05) is 20.8 Å². The van der Waals surface area contributed by atoms with Gasteiger partial charge in [0.1, 0.15) is 0 Å². The number of nitrogens with two attached hydrogens (primary N) is 1. The van der Waals surface area contributed by atoms with Crippen LogP contribution in [-0.2, 0) is 4.79 Å². The lowest BCUT2D eigenvalue weighted by molar-refractivity contribution is -0.137. The summed E-state index contributed by atoms with van der Waals surface area (Å²) < 4.78 is 0. The van der Waals surface area contributed by atoms with Crippen LogP contribution in [0.25, 0.3) is 0 Å². The van der Waals surface area contributed by atoms with Crippen molar-refractivity contribution < 1.29 is 4.79 Å². The number of amides is 1. The maximum Gasteiger partial charge on any atom is 0.239 e. The Morgan fingerprint density at radius 2 is 2.13 bits per heavy atom. The molecular weight excluding hydrogens is 188 g/mol. The van der Waals surface area contributed by atoms with Crippen molar-refractivity contribution in [2.45, 2.75) is 58.5 Å². The standard InChI is InChI=1S/C12H24N2O/c1-4-10-7-5-6-8-14(10)12(15)11(13)9(2)3/h9-11H,4-8,13H2,1-3H3. The van der Waals surface area contributed by atoms with E-state index in [0.717, 1.165) is 25.8 Å². The molecule has 1 rings (SSSR count). The van der Waals surface area contributed by atoms with Crippen molar-refractivity contribution in [1.82, 2.24) is 4.90 Å². The number of piperidine rings is 1. The average molecular weight is 212 g/mol. The first-order valence-electron chi connectivity index (χ1n) is 6.14. The van der Waals surface area contributed by atoms with E-state index in [1.54, 1.807) is 0 Å². The molecule has 2 atom stereocenters. The highest BCUT2D eigenvalue weighted by Crippen LogP contribution is 2.20. The molecule has 0 bridgehead atoms. The van der Waals surface area contributed by atoms with Gasteiger partial charge in [-0.2, -0.15) is 0 Å². The maximum absolute atomic E-state index is 12.1. The third-order valence-electron chi connectivity index (χ3n) is 3.38. The van der Waals surface area contributed by atoms with Gasteiger partial charge in [-0.15, -0.1) is 0 Å². The van der Waals surface area contributed by atoms with Crippen molar-refractivity contribution >= 4 is 5.91 Å². The van der Waals surface area contributed by atoms with Crippen LogP contribution in [0.4, 0.5) is 0 Å². The Labute approximate surface area is 93.0 Å². The fourth-order valence-corrected chi connectivity index (χ4v) is 2.19. The van der Waals surface area contributed by atoms with Gasteiger partial charge in [0.15, 0.2) is 0 Å². The molecule has 1 fully saturated rings. The van der Waals surface area contributed by atoms with Crippen LogP contribution >= 0.6 is 0 Å². The number of carbonyl (C=O) groups is 1. The lowest BCUT2D eigenvalue weighted by Crippen LogP contribution is -2.52. The lowest BCUT2D eigenvalue weighted by atomic mass is 9.96. The van der Waals surface area contributed by atoms with Gasteiger partial charge in [0.25, 0.3) is 0 Å². The fourth-order valence-electron chi connectivity index (χ4n) is 2.19. The van der Waals surface area contributed by atoms with E-state index in [4.69, 9.17) is 5.73 Å². The van der Waals surface area contributed by atoms with E-state index in [-0.39, 0.29) is 17.9 Å². The van der Waals surface area contributed by atoms with Crippen LogP contribution in [0.15, 0.2) is 0 Å². The van der Waals surface area contributed by atoms with Crippen LogP contribution in [0, 0.1) is 5.92 Å². The highest BCUT2D eigenvalue weighted by Gasteiger charge is 2.29. The average Bonchev–Trinajstić information content (AvgIpc) is 2.26. The zero-order valence-electron chi connectivity index (χ0n) is 10.2. The SMILES string of the molecule is CCC1CCCCN1C(=O)C(N)C(C)C. The summed E-state index contributed by atoms with van der Waals surface area (Å²) in [6, 6.07) is 0.105. The Hall–Kier alpha value is -0.570. The molecule has 0 aliphatic carbocycles. The van der Waals surface area contributed by atoms with Gasteiger partial charge in [0.2, 0.25) is 5.91 Å². The molecule has 3 heteroatoms. The van der Waals surface area contributed by atoms with Gasteiger partial charge in [0.05, 0.1) is 6.04 Å². The number of nitrogens with zero attached hydrogens (tertiary/aromatic N) is 1. The van der Waals surface area contributed by atoms with Gasteiger partial charge in [-0.25, -0.2) is 0 Å². The normalized spacial score (nSPS) is 24.3. The van der Waals surface area contributed by atoms with E-state index >= 15 is 0 Å². The molecule has 0 aromatic rings. The second-order valence-electron chi connectivity index (χ2n) is 4.86. The zero-order chi connectivity index (χ0) is 11.4. The second-order valence-corrected chi connectivity index (χ2v) is 4.86. The smallest absolute Gasteiger partial charge is 0.239 e. The lowest BCUT2D eigenvalue weighted by Gasteiger charge is -2.37. The Morgan fingerprint density at radius 1 is 1.47 bits per heavy atom. The number of carbonyl (C=O) groups excluding carboxylic acids is 1. The van der Waals surface area contributed by atoms with Crippen LogP contribution in [0.3, 0.4) is 0 Å². The summed E-state index contributed by atoms with van der Waals surface area (Å²) >= 11 is 0. The maximum atomic E-state index is 12.1. The van der Waals surface area contributed by atoms with Gasteiger partial charge >= 0.3 is 0 Å². The molecule has 1 aliphatic rings. The van der Waals surface area contributed by atoms with Gasteiger partial charge in [-0.05, 0) is 31.6 Å². The summed E-state index contributed by atoms with van der Waals surface area (Å²) in [6.45, 7) is 7.07. The van der Waals surface area contributed by atoms with Gasteiger partial charge in [-0.3, -0.25) is 4.79 Å². The van der Waals surface area contributed by atoms with Gasteiger partial charge < -0.3 is 10.6 Å². The Balaban J connectivity index is 2.63. The van der Waals surface area contributed by atoms with Gasteiger partial charge in [0, 0.05) is 12.6 Å². The molecule has 0 radical (unpaired) electrons. The van der Waals surface area contributed by atoms with Crippen molar-refractivity contribution in [2.24, 2.45) is 11.7 Å². The minimum absolute atomic E-state index is 0.150. The molecule has 0 spiro atoms. The first-order chi connectivity index (χ1) is 7.07. The Morgan fingerprint density at radius 3 is 2.67 bits per heavy atom. The summed E-state index contributed by atoms with van der Waals surface area (Å²) in [5.74, 6) is 0.383. The van der Waals surface area contributed by atoms with Crippen molar-refractivity contribution in [3.63, 3.8) is 0 Å². The molecule has 88 valence electrons. The predicted octanol–water partition coefficient (Wildman–Crippen LogP) is 1.76. The molecule has 1 amide bonds. The zero-order valence-corrected chi connectivity index (χ0v) is 10.2. The van der Waals surface area contributed by atoms with Crippen molar-refractivity contribution in [2.75, 3.05) is 6.54 Å². The second kappa shape index (κ2) is 5.50. The number of likely N-dealkylation sites (tertiary alicyclic amines) is 1. The predicted molar refractivity (Wildman–Crippen MR) is 62.5 cm³/mol. The number of rotatable bonds is 3. The van der Waals surface area contributed by atoms with Crippen LogP contribution in [-0.4, -0.2) is 29.4 Å². The quantitative estimate of drug-likeness (QED) is 0.775. The number of hydrogen-bond acceptors (Lipinski definition) is 2. The third kappa shape index (κ3) is 2.94. The Kier molecular flexibility index (Phi) is 4.58. The van der Waals surface area contributed by atoms with Crippen molar-refractivity contribution in [1.29, 1.82) is 0 Å². The molecule has 1 saturated heterocycles. The molecule has 1 heterocycles. The summed E-state index contributed by atoms with van der Waals surface area (Å²) in [4.78, 5) is 14.1. The molecular formula is C12H24N2O. The van der Waals surface area contributed by atoms with Crippen LogP contribution < -0.4 is 5.73 Å². The van der Waals surface area contributed by atoms with E-state index < -0.39 is 0 Å². The van der Waals surface area contributed by atoms with E-state index in [9.17, 15) is 4.79 Å². The van der Waals surface area contributed by atoms with Crippen LogP contribution in [0.1, 0.15) is 46.5 Å². The highest BCUT2D eigenvalue weighted by atomic mass is 16.2. The summed E-state index contributed by atoms with van der Waals surface area (Å²) in [6.07, 6.45) is 4.58. The molecule has 1 aliphatic heterocycles. The van der Waals surface area contributed by atoms with Crippen molar-refractivity contribution in [3.05, 3.63) is 0 Å². The molecule has 15 heavy (non-hydrogen) atoms. The minimum atomic E-state index is -0.322. The van der Waals surface area contributed by atoms with E-state index in [1.807, 2.05) is 18.7 Å². The summed E-state index contributed by atoms with van der Waals surface area (Å²) in [7, 11) is 0. The fraction of sp³-hybridized carbons (Fsp3) is 0.917. The first-order valence-corrected chi connectivity index (χ1v) is 6.14. The molecule has 0 saturated carbocycles. The molecule has 2 unspecified atom stereocenters. The van der Waals surface area contributed by atoms with E-state index in [2.05, 4.69) is 6.92 Å². The van der Waals surface area contributed by atoms with Crippen LogP contribution in [0.2, 0.25) is 0 Å². The largest absolute Gasteiger partial charge is 0.338 e. The minimum Gasteiger partial charge on any atom is -0.338 e. The van der Waals surface area contributed by atoms with Crippen LogP contribution in [0.5, 0.6) is 0 Å². The topological polar surface area (TPSA) is 46.3 Å². The Bertz CT molecular complexity index is 216. The summed E-state index contributed by atoms with van der Waals surface area (Å²) in [5.41, 5.74) is 5.92. The third-order valence-corrected chi connectivity index (χ3v) is 3.38. The monoisotopic (exact) mass is 212 g/mol. The summed E-state index contributed by atoms with van der Waals surface area (Å²) in [5, 5.41) is 0. The molecule has 0 aromatic heterocycles. The van der Waals surface area contributed by atoms with E-state index in [0.29, 0.717) is 6.04 Å². The molecule has 0 aromatic carbocycles. The van der Waals surface area contributed by atoms with E-state index in [1.165, 1.54) is 6.42 Å². The molecule has 2 N–H and O–H groups in total. The highest BCUT2D eigenvalue weighted by molar-refractivity contribution is 5.82. The number of hydrogen-bond donors (Lipinski definition) is 1.